The summed E-state index contributed by atoms with van der Waals surface area (Å²) >= 11 is 0. The standard InChI is InChI=1S/C45H30N4/c1-4-15-31(16-5-1)34-21-14-22-36(29-34)44-46-43(33-19-8-3-9-20-33)47-45(48-44)39-30-35(32-17-6-2-7-18-32)27-28-42(39)49-40-25-12-10-23-37(40)38-24-11-13-26-41(38)49/h1-30H/i1D,2D,3D,4D,5D,6D,7D,8D,9D,10D,11D,12D,15D,16D,17D,18D,19D,20D,23D,24D,25D,26D. The van der Waals surface area contributed by atoms with Crippen LogP contribution in [0.15, 0.2) is 181 Å². The maximum absolute atomic E-state index is 9.19. The predicted octanol–water partition coefficient (Wildman–Crippen LogP) is 11.3. The van der Waals surface area contributed by atoms with E-state index in [2.05, 4.69) is 9.97 Å². The maximum atomic E-state index is 9.19. The summed E-state index contributed by atoms with van der Waals surface area (Å²) in [7, 11) is 0. The lowest BCUT2D eigenvalue weighted by Gasteiger charge is -2.16. The molecule has 2 aromatic heterocycles. The molecule has 0 saturated heterocycles. The summed E-state index contributed by atoms with van der Waals surface area (Å²) in [6, 6.07) is -3.27. The van der Waals surface area contributed by atoms with Gasteiger partial charge in [-0.15, -0.1) is 0 Å². The zero-order valence-corrected chi connectivity index (χ0v) is 24.9. The van der Waals surface area contributed by atoms with E-state index in [1.807, 2.05) is 0 Å². The van der Waals surface area contributed by atoms with E-state index in [9.17, 15) is 1.37 Å². The van der Waals surface area contributed by atoms with Gasteiger partial charge >= 0.3 is 0 Å². The van der Waals surface area contributed by atoms with Crippen LogP contribution in [-0.4, -0.2) is 19.5 Å². The van der Waals surface area contributed by atoms with Crippen LogP contribution in [0.1, 0.15) is 30.2 Å². The Labute approximate surface area is 315 Å². The highest BCUT2D eigenvalue weighted by Crippen LogP contribution is 2.38. The molecule has 0 aliphatic heterocycles. The van der Waals surface area contributed by atoms with Gasteiger partial charge in [0, 0.05) is 27.5 Å². The third-order valence-electron chi connectivity index (χ3n) is 7.62. The van der Waals surface area contributed by atoms with Crippen molar-refractivity contribution in [3.8, 4) is 62.1 Å². The summed E-state index contributed by atoms with van der Waals surface area (Å²) in [5.41, 5.74) is -1.70. The van der Waals surface area contributed by atoms with Gasteiger partial charge in [-0.05, 0) is 52.5 Å². The number of hydrogen-bond donors (Lipinski definition) is 0. The lowest BCUT2D eigenvalue weighted by Crippen LogP contribution is -2.04. The van der Waals surface area contributed by atoms with Gasteiger partial charge in [0.05, 0.1) is 46.9 Å². The van der Waals surface area contributed by atoms with Gasteiger partial charge in [0.1, 0.15) is 0 Å². The Balaban J connectivity index is 1.48. The van der Waals surface area contributed by atoms with Crippen LogP contribution >= 0.6 is 0 Å². The highest BCUT2D eigenvalue weighted by Gasteiger charge is 2.20. The third-order valence-corrected chi connectivity index (χ3v) is 7.62. The molecule has 0 N–H and O–H groups in total. The number of aromatic nitrogens is 4. The summed E-state index contributed by atoms with van der Waals surface area (Å²) in [5, 5.41) is -0.439. The van der Waals surface area contributed by atoms with Crippen LogP contribution in [0.2, 0.25) is 0 Å². The van der Waals surface area contributed by atoms with Crippen molar-refractivity contribution < 1.29 is 30.2 Å². The van der Waals surface area contributed by atoms with E-state index in [4.69, 9.17) is 33.8 Å². The van der Waals surface area contributed by atoms with E-state index >= 15 is 0 Å². The minimum absolute atomic E-state index is 0.0568. The highest BCUT2D eigenvalue weighted by atomic mass is 15.1. The fourth-order valence-electron chi connectivity index (χ4n) is 5.48. The Bertz CT molecular complexity index is 3780. The molecule has 9 aromatic rings. The zero-order valence-electron chi connectivity index (χ0n) is 46.9. The van der Waals surface area contributed by atoms with Crippen molar-refractivity contribution in [1.82, 2.24) is 19.5 Å². The van der Waals surface area contributed by atoms with Crippen LogP contribution in [0.4, 0.5) is 0 Å². The van der Waals surface area contributed by atoms with E-state index in [1.54, 1.807) is 0 Å². The Morgan fingerprint density at radius 3 is 1.63 bits per heavy atom. The molecule has 7 aromatic carbocycles. The normalized spacial score (nSPS) is 17.6. The second-order valence-corrected chi connectivity index (χ2v) is 10.5. The lowest BCUT2D eigenvalue weighted by atomic mass is 10.0. The van der Waals surface area contributed by atoms with Gasteiger partial charge in [-0.25, -0.2) is 15.0 Å². The number of fused-ring (bicyclic) bond motifs is 3. The van der Waals surface area contributed by atoms with Crippen molar-refractivity contribution in [3.63, 3.8) is 0 Å². The third kappa shape index (κ3) is 5.26. The summed E-state index contributed by atoms with van der Waals surface area (Å²) in [4.78, 5) is 14.0. The van der Waals surface area contributed by atoms with Crippen molar-refractivity contribution in [1.29, 1.82) is 0 Å². The molecule has 0 unspecified atom stereocenters. The lowest BCUT2D eigenvalue weighted by molar-refractivity contribution is 1.06. The highest BCUT2D eigenvalue weighted by molar-refractivity contribution is 6.09. The van der Waals surface area contributed by atoms with Crippen LogP contribution in [0.25, 0.3) is 83.9 Å². The Morgan fingerprint density at radius 1 is 0.388 bits per heavy atom. The second kappa shape index (κ2) is 12.2. The van der Waals surface area contributed by atoms with Gasteiger partial charge in [-0.1, -0.05) is 151 Å². The Hall–Kier alpha value is -6.65. The van der Waals surface area contributed by atoms with Crippen molar-refractivity contribution >= 4 is 21.8 Å². The monoisotopic (exact) mass is 648 g/mol. The zero-order chi connectivity index (χ0) is 51.7. The summed E-state index contributed by atoms with van der Waals surface area (Å²) in [5.74, 6) is -1.27. The first-order valence-corrected chi connectivity index (χ1v) is 14.6. The van der Waals surface area contributed by atoms with Crippen LogP contribution in [0.3, 0.4) is 0 Å². The molecule has 0 spiro atoms. The number of hydrogen-bond acceptors (Lipinski definition) is 3. The summed E-state index contributed by atoms with van der Waals surface area (Å²) in [6.45, 7) is 0. The van der Waals surface area contributed by atoms with E-state index in [1.165, 1.54) is 47.0 Å². The van der Waals surface area contributed by atoms with E-state index in [0.717, 1.165) is 6.07 Å². The average molecular weight is 649 g/mol. The molecule has 0 fully saturated rings. The molecule has 230 valence electrons. The fourth-order valence-corrected chi connectivity index (χ4v) is 5.48. The van der Waals surface area contributed by atoms with E-state index in [0.29, 0.717) is 0 Å². The first kappa shape index (κ1) is 13.8. The van der Waals surface area contributed by atoms with Crippen molar-refractivity contribution in [2.24, 2.45) is 0 Å². The van der Waals surface area contributed by atoms with Crippen molar-refractivity contribution in [3.05, 3.63) is 181 Å². The number of rotatable bonds is 6. The molecular weight excluding hydrogens is 597 g/mol. The van der Waals surface area contributed by atoms with Gasteiger partial charge in [0.2, 0.25) is 0 Å². The molecule has 4 heteroatoms. The molecule has 4 nitrogen and oxygen atoms in total. The molecule has 49 heavy (non-hydrogen) atoms. The topological polar surface area (TPSA) is 43.6 Å². The molecule has 2 heterocycles. The van der Waals surface area contributed by atoms with Crippen LogP contribution in [-0.2, 0) is 0 Å². The molecule has 0 bridgehead atoms. The largest absolute Gasteiger partial charge is 0.309 e. The molecular formula is C45H30N4. The average Bonchev–Trinajstić information content (AvgIpc) is 3.72. The number of para-hydroxylation sites is 2. The predicted molar refractivity (Wildman–Crippen MR) is 201 cm³/mol. The van der Waals surface area contributed by atoms with Crippen LogP contribution < -0.4 is 0 Å². The SMILES string of the molecule is [2H]c1cc([2H])c2c(c1[2H])c1c([2H])c([2H])c([2H])c([2H])c1n2-c1ccc(-c2c([2H])c([2H])c([2H])c([2H])c2[2H])cc1-c1nc(-c2cccc(-c3c([2H])c([2H])c([2H])c([2H])c3[2H])c2)nc(-c2c([2H])c([2H])c([2H])c([2H])c2[2H])n1. The van der Waals surface area contributed by atoms with Gasteiger partial charge in [0.15, 0.2) is 17.5 Å². The van der Waals surface area contributed by atoms with Crippen LogP contribution in [0.5, 0.6) is 0 Å². The quantitative estimate of drug-likeness (QED) is 0.180. The van der Waals surface area contributed by atoms with E-state index in [-0.39, 0.29) is 66.7 Å². The van der Waals surface area contributed by atoms with Gasteiger partial charge in [0.25, 0.3) is 0 Å². The van der Waals surface area contributed by atoms with Crippen LogP contribution in [0, 0.1) is 0 Å². The van der Waals surface area contributed by atoms with Gasteiger partial charge in [-0.2, -0.15) is 0 Å². The van der Waals surface area contributed by atoms with E-state index < -0.39 is 150 Å². The summed E-state index contributed by atoms with van der Waals surface area (Å²) in [6.07, 6.45) is 0. The molecule has 0 amide bonds. The molecule has 0 atom stereocenters. The maximum Gasteiger partial charge on any atom is 0.166 e. The molecule has 0 aliphatic carbocycles. The molecule has 9 rings (SSSR count). The molecule has 0 saturated carbocycles. The summed E-state index contributed by atoms with van der Waals surface area (Å²) < 4.78 is 191. The second-order valence-electron chi connectivity index (χ2n) is 10.5. The van der Waals surface area contributed by atoms with Crippen molar-refractivity contribution in [2.75, 3.05) is 0 Å². The smallest absolute Gasteiger partial charge is 0.166 e. The molecule has 0 aliphatic rings. The minimum atomic E-state index is -0.765. The minimum Gasteiger partial charge on any atom is -0.309 e. The Kier molecular flexibility index (Phi) is 3.44. The Morgan fingerprint density at radius 2 is 0.918 bits per heavy atom. The number of benzene rings is 7. The first-order chi connectivity index (χ1) is 33.4. The van der Waals surface area contributed by atoms with Gasteiger partial charge in [-0.3, -0.25) is 0 Å². The number of nitrogens with zero attached hydrogens (tertiary/aromatic N) is 4. The van der Waals surface area contributed by atoms with Crippen molar-refractivity contribution in [2.45, 2.75) is 0 Å². The molecule has 0 radical (unpaired) electrons. The fraction of sp³-hybridized carbons (Fsp3) is 0. The van der Waals surface area contributed by atoms with Gasteiger partial charge < -0.3 is 4.57 Å². The first-order valence-electron chi connectivity index (χ1n) is 25.6.